The molecule has 0 aromatic carbocycles. The Kier molecular flexibility index (Phi) is 1.01. The fourth-order valence-electron chi connectivity index (χ4n) is 0.741. The summed E-state index contributed by atoms with van der Waals surface area (Å²) in [6.07, 6.45) is 1.97. The van der Waals surface area contributed by atoms with Gasteiger partial charge in [-0.3, -0.25) is 10.7 Å². The maximum absolute atomic E-state index is 7.01. The lowest BCUT2D eigenvalue weighted by molar-refractivity contribution is 0.682. The lowest BCUT2D eigenvalue weighted by Crippen LogP contribution is -2.11. The van der Waals surface area contributed by atoms with Crippen LogP contribution in [0.1, 0.15) is 19.8 Å². The van der Waals surface area contributed by atoms with Gasteiger partial charge in [0, 0.05) is 12.5 Å². The van der Waals surface area contributed by atoms with Crippen LogP contribution in [0.4, 0.5) is 0 Å². The summed E-state index contributed by atoms with van der Waals surface area (Å²) >= 11 is 0. The minimum absolute atomic E-state index is 0.424. The number of rotatable bonds is 0. The number of nitrogens with one attached hydrogen (secondary N) is 1. The largest absolute Gasteiger partial charge is 0.287 e. The molecule has 1 fully saturated rings. The summed E-state index contributed by atoms with van der Waals surface area (Å²) in [6, 6.07) is 0.424. The van der Waals surface area contributed by atoms with Gasteiger partial charge < -0.3 is 0 Å². The third-order valence-electron chi connectivity index (χ3n) is 1.18. The van der Waals surface area contributed by atoms with Crippen molar-refractivity contribution >= 4 is 5.84 Å². The Morgan fingerprint density at radius 3 is 2.71 bits per heavy atom. The highest BCUT2D eigenvalue weighted by molar-refractivity contribution is 5.80. The second-order valence-corrected chi connectivity index (χ2v) is 1.96. The van der Waals surface area contributed by atoms with Gasteiger partial charge in [0.1, 0.15) is 5.84 Å². The SMILES string of the molecule is CC1CCC(=N)[N]1. The first-order valence-corrected chi connectivity index (χ1v) is 2.57. The van der Waals surface area contributed by atoms with Gasteiger partial charge in [0.15, 0.2) is 0 Å². The molecule has 0 aliphatic carbocycles. The van der Waals surface area contributed by atoms with E-state index in [0.717, 1.165) is 12.8 Å². The minimum Gasteiger partial charge on any atom is -0.287 e. The molecule has 1 radical (unpaired) electrons. The molecule has 1 rings (SSSR count). The standard InChI is InChI=1S/C5H9N2/c1-4-2-3-5(6)7-4/h4,6H,2-3H2,1H3. The predicted molar refractivity (Wildman–Crippen MR) is 28.6 cm³/mol. The fourth-order valence-corrected chi connectivity index (χ4v) is 0.741. The number of amidine groups is 1. The predicted octanol–water partition coefficient (Wildman–Crippen LogP) is 0.750. The number of hydrogen-bond donors (Lipinski definition) is 1. The van der Waals surface area contributed by atoms with Crippen molar-refractivity contribution in [2.45, 2.75) is 25.8 Å². The van der Waals surface area contributed by atoms with Crippen LogP contribution in [-0.4, -0.2) is 11.9 Å². The molecule has 0 amide bonds. The van der Waals surface area contributed by atoms with E-state index in [2.05, 4.69) is 5.32 Å². The third kappa shape index (κ3) is 0.918. The highest BCUT2D eigenvalue weighted by Crippen LogP contribution is 2.06. The molecular weight excluding hydrogens is 88.1 g/mol. The molecule has 1 atom stereocenters. The van der Waals surface area contributed by atoms with Crippen LogP contribution in [0.2, 0.25) is 0 Å². The van der Waals surface area contributed by atoms with Gasteiger partial charge in [-0.15, -0.1) is 0 Å². The first-order valence-electron chi connectivity index (χ1n) is 2.57. The normalized spacial score (nSPS) is 30.4. The van der Waals surface area contributed by atoms with E-state index in [1.54, 1.807) is 0 Å². The molecular formula is C5H9N2. The summed E-state index contributed by atoms with van der Waals surface area (Å²) in [5, 5.41) is 11.0. The molecule has 1 aliphatic rings. The molecule has 1 N–H and O–H groups in total. The van der Waals surface area contributed by atoms with Crippen molar-refractivity contribution in [1.82, 2.24) is 5.32 Å². The van der Waals surface area contributed by atoms with E-state index in [-0.39, 0.29) is 0 Å². The van der Waals surface area contributed by atoms with Gasteiger partial charge in [-0.05, 0) is 13.3 Å². The van der Waals surface area contributed by atoms with E-state index < -0.39 is 0 Å². The average molecular weight is 97.1 g/mol. The van der Waals surface area contributed by atoms with E-state index in [4.69, 9.17) is 5.41 Å². The van der Waals surface area contributed by atoms with Gasteiger partial charge in [-0.2, -0.15) is 0 Å². The summed E-state index contributed by atoms with van der Waals surface area (Å²) in [6.45, 7) is 2.04. The van der Waals surface area contributed by atoms with Crippen molar-refractivity contribution in [1.29, 1.82) is 5.41 Å². The zero-order valence-electron chi connectivity index (χ0n) is 4.44. The summed E-state index contributed by atoms with van der Waals surface area (Å²) < 4.78 is 0. The molecule has 7 heavy (non-hydrogen) atoms. The number of hydrogen-bond acceptors (Lipinski definition) is 1. The first-order chi connectivity index (χ1) is 3.29. The molecule has 0 bridgehead atoms. The lowest BCUT2D eigenvalue weighted by atomic mass is 10.3. The van der Waals surface area contributed by atoms with E-state index in [1.165, 1.54) is 0 Å². The second kappa shape index (κ2) is 1.52. The van der Waals surface area contributed by atoms with Gasteiger partial charge >= 0.3 is 0 Å². The monoisotopic (exact) mass is 97.1 g/mol. The van der Waals surface area contributed by atoms with Gasteiger partial charge in [-0.1, -0.05) is 0 Å². The molecule has 2 nitrogen and oxygen atoms in total. The minimum atomic E-state index is 0.424. The molecule has 1 heterocycles. The zero-order valence-corrected chi connectivity index (χ0v) is 4.44. The highest BCUT2D eigenvalue weighted by Gasteiger charge is 2.14. The lowest BCUT2D eigenvalue weighted by Gasteiger charge is -1.93. The Labute approximate surface area is 43.4 Å². The molecule has 1 saturated heterocycles. The molecule has 39 valence electrons. The molecule has 1 unspecified atom stereocenters. The van der Waals surface area contributed by atoms with Gasteiger partial charge in [0.25, 0.3) is 0 Å². The van der Waals surface area contributed by atoms with E-state index >= 15 is 0 Å². The molecule has 2 heteroatoms. The Morgan fingerprint density at radius 1 is 1.86 bits per heavy atom. The smallest absolute Gasteiger partial charge is 0.115 e. The maximum atomic E-state index is 7.01. The van der Waals surface area contributed by atoms with Gasteiger partial charge in [0.2, 0.25) is 0 Å². The Morgan fingerprint density at radius 2 is 2.57 bits per heavy atom. The maximum Gasteiger partial charge on any atom is 0.115 e. The Balaban J connectivity index is 2.40. The topological polar surface area (TPSA) is 38.0 Å². The Bertz CT molecular complexity index is 88.1. The number of nitrogens with zero attached hydrogens (tertiary/aromatic N) is 1. The van der Waals surface area contributed by atoms with Crippen LogP contribution in [0.3, 0.4) is 0 Å². The van der Waals surface area contributed by atoms with Crippen LogP contribution >= 0.6 is 0 Å². The average Bonchev–Trinajstić information content (AvgIpc) is 1.87. The van der Waals surface area contributed by atoms with E-state index in [9.17, 15) is 0 Å². The summed E-state index contributed by atoms with van der Waals surface area (Å²) in [4.78, 5) is 0. The van der Waals surface area contributed by atoms with Gasteiger partial charge in [-0.25, -0.2) is 0 Å². The third-order valence-corrected chi connectivity index (χ3v) is 1.18. The van der Waals surface area contributed by atoms with Crippen LogP contribution < -0.4 is 5.32 Å². The van der Waals surface area contributed by atoms with Crippen LogP contribution in [-0.2, 0) is 0 Å². The van der Waals surface area contributed by atoms with Crippen LogP contribution in [0.5, 0.6) is 0 Å². The van der Waals surface area contributed by atoms with Crippen molar-refractivity contribution in [2.75, 3.05) is 0 Å². The summed E-state index contributed by atoms with van der Waals surface area (Å²) in [7, 11) is 0. The summed E-state index contributed by atoms with van der Waals surface area (Å²) in [5.41, 5.74) is 0. The summed E-state index contributed by atoms with van der Waals surface area (Å²) in [5.74, 6) is 0.576. The Hall–Kier alpha value is -0.530. The molecule has 1 aliphatic heterocycles. The zero-order chi connectivity index (χ0) is 5.28. The van der Waals surface area contributed by atoms with Crippen molar-refractivity contribution < 1.29 is 0 Å². The van der Waals surface area contributed by atoms with Crippen molar-refractivity contribution in [3.05, 3.63) is 0 Å². The molecule has 0 spiro atoms. The van der Waals surface area contributed by atoms with E-state index in [1.807, 2.05) is 6.92 Å². The van der Waals surface area contributed by atoms with Crippen molar-refractivity contribution in [2.24, 2.45) is 0 Å². The molecule has 0 saturated carbocycles. The van der Waals surface area contributed by atoms with Crippen LogP contribution in [0.15, 0.2) is 0 Å². The van der Waals surface area contributed by atoms with Crippen LogP contribution in [0.25, 0.3) is 0 Å². The first kappa shape index (κ1) is 4.62. The van der Waals surface area contributed by atoms with E-state index in [0.29, 0.717) is 11.9 Å². The molecule has 0 aromatic rings. The van der Waals surface area contributed by atoms with Crippen molar-refractivity contribution in [3.8, 4) is 0 Å². The van der Waals surface area contributed by atoms with Crippen LogP contribution in [0, 0.1) is 5.41 Å². The fraction of sp³-hybridized carbons (Fsp3) is 0.800. The quantitative estimate of drug-likeness (QED) is 0.463. The highest BCUT2D eigenvalue weighted by atomic mass is 15.0. The van der Waals surface area contributed by atoms with Gasteiger partial charge in [0.05, 0.1) is 0 Å². The molecule has 0 aromatic heterocycles. The second-order valence-electron chi connectivity index (χ2n) is 1.96. The van der Waals surface area contributed by atoms with Crippen molar-refractivity contribution in [3.63, 3.8) is 0 Å².